The zero-order valence-corrected chi connectivity index (χ0v) is 17.4. The number of amides is 4. The Morgan fingerprint density at radius 1 is 1.00 bits per heavy atom. The number of benzene rings is 2. The summed E-state index contributed by atoms with van der Waals surface area (Å²) in [4.78, 5) is 53.5. The van der Waals surface area contributed by atoms with Gasteiger partial charge in [0.05, 0.1) is 16.8 Å². The average Bonchev–Trinajstić information content (AvgIpc) is 3.32. The Kier molecular flexibility index (Phi) is 5.59. The average molecular weight is 434 g/mol. The molecule has 31 heavy (non-hydrogen) atoms. The molecular formula is C22H18N4O4S. The van der Waals surface area contributed by atoms with Gasteiger partial charge in [-0.15, -0.1) is 11.3 Å². The number of fused-ring (bicyclic) bond motifs is 1. The lowest BCUT2D eigenvalue weighted by atomic mass is 10.1. The van der Waals surface area contributed by atoms with Crippen LogP contribution in [0.5, 0.6) is 0 Å². The number of hydrogen-bond donors (Lipinski definition) is 2. The summed E-state index contributed by atoms with van der Waals surface area (Å²) in [5, 5.41) is 7.56. The molecule has 9 heteroatoms. The van der Waals surface area contributed by atoms with Crippen LogP contribution in [0.2, 0.25) is 0 Å². The summed E-state index contributed by atoms with van der Waals surface area (Å²) in [5.41, 5.74) is 3.12. The predicted molar refractivity (Wildman–Crippen MR) is 116 cm³/mol. The SMILES string of the molecule is CC(=O)NCc1ccc(-c2csc(NC(=O)CN3C(=O)c4ccccc4C3=O)n2)cc1. The molecule has 4 amide bonds. The summed E-state index contributed by atoms with van der Waals surface area (Å²) in [6.07, 6.45) is 0. The van der Waals surface area contributed by atoms with Gasteiger partial charge in [0.1, 0.15) is 6.54 Å². The highest BCUT2D eigenvalue weighted by molar-refractivity contribution is 7.14. The van der Waals surface area contributed by atoms with E-state index in [-0.39, 0.29) is 12.5 Å². The molecule has 0 fully saturated rings. The summed E-state index contributed by atoms with van der Waals surface area (Å²) >= 11 is 1.25. The van der Waals surface area contributed by atoms with Gasteiger partial charge in [0, 0.05) is 24.4 Å². The van der Waals surface area contributed by atoms with Crippen molar-refractivity contribution < 1.29 is 19.2 Å². The molecule has 4 rings (SSSR count). The lowest BCUT2D eigenvalue weighted by Gasteiger charge is -2.12. The van der Waals surface area contributed by atoms with Crippen LogP contribution in [0.15, 0.2) is 53.9 Å². The number of thiazole rings is 1. The maximum Gasteiger partial charge on any atom is 0.262 e. The molecule has 2 aromatic carbocycles. The second kappa shape index (κ2) is 8.49. The van der Waals surface area contributed by atoms with Crippen molar-refractivity contribution in [2.45, 2.75) is 13.5 Å². The van der Waals surface area contributed by atoms with E-state index in [1.54, 1.807) is 29.6 Å². The van der Waals surface area contributed by atoms with Gasteiger partial charge >= 0.3 is 0 Å². The molecule has 0 unspecified atom stereocenters. The molecule has 1 aliphatic rings. The van der Waals surface area contributed by atoms with Crippen molar-refractivity contribution in [3.8, 4) is 11.3 Å². The Labute approximate surface area is 181 Å². The fraction of sp³-hybridized carbons (Fsp3) is 0.136. The number of carbonyl (C=O) groups excluding carboxylic acids is 4. The molecule has 0 radical (unpaired) electrons. The molecule has 1 aromatic heterocycles. The van der Waals surface area contributed by atoms with Gasteiger partial charge in [0.15, 0.2) is 5.13 Å². The predicted octanol–water partition coefficient (Wildman–Crippen LogP) is 2.68. The molecule has 3 aromatic rings. The lowest BCUT2D eigenvalue weighted by Crippen LogP contribution is -2.37. The quantitative estimate of drug-likeness (QED) is 0.580. The first-order valence-corrected chi connectivity index (χ1v) is 10.3. The standard InChI is InChI=1S/C22H18N4O4S/c1-13(27)23-10-14-6-8-15(9-7-14)18-12-31-22(24-18)25-19(28)11-26-20(29)16-4-2-3-5-17(16)21(26)30/h2-9,12H,10-11H2,1H3,(H,23,27)(H,24,25,28). The van der Waals surface area contributed by atoms with Crippen LogP contribution < -0.4 is 10.6 Å². The minimum Gasteiger partial charge on any atom is -0.352 e. The van der Waals surface area contributed by atoms with E-state index in [0.717, 1.165) is 16.0 Å². The van der Waals surface area contributed by atoms with Crippen LogP contribution in [0.25, 0.3) is 11.3 Å². The van der Waals surface area contributed by atoms with Crippen molar-refractivity contribution in [1.29, 1.82) is 0 Å². The van der Waals surface area contributed by atoms with Crippen molar-refractivity contribution in [3.63, 3.8) is 0 Å². The van der Waals surface area contributed by atoms with Crippen molar-refractivity contribution in [1.82, 2.24) is 15.2 Å². The highest BCUT2D eigenvalue weighted by Crippen LogP contribution is 2.26. The van der Waals surface area contributed by atoms with Crippen LogP contribution in [0.3, 0.4) is 0 Å². The van der Waals surface area contributed by atoms with Gasteiger partial charge < -0.3 is 10.6 Å². The Morgan fingerprint density at radius 2 is 1.65 bits per heavy atom. The first kappa shape index (κ1) is 20.4. The molecule has 1 aliphatic heterocycles. The van der Waals surface area contributed by atoms with E-state index in [9.17, 15) is 19.2 Å². The van der Waals surface area contributed by atoms with Crippen LogP contribution in [-0.4, -0.2) is 40.1 Å². The van der Waals surface area contributed by atoms with Crippen molar-refractivity contribution in [2.24, 2.45) is 0 Å². The Bertz CT molecular complexity index is 1150. The molecule has 8 nitrogen and oxygen atoms in total. The zero-order valence-electron chi connectivity index (χ0n) is 16.5. The molecule has 156 valence electrons. The van der Waals surface area contributed by atoms with Crippen molar-refractivity contribution in [2.75, 3.05) is 11.9 Å². The molecule has 2 heterocycles. The third-order valence-electron chi connectivity index (χ3n) is 4.72. The van der Waals surface area contributed by atoms with Crippen LogP contribution in [0.4, 0.5) is 5.13 Å². The van der Waals surface area contributed by atoms with Crippen molar-refractivity contribution in [3.05, 3.63) is 70.6 Å². The summed E-state index contributed by atoms with van der Waals surface area (Å²) < 4.78 is 0. The molecular weight excluding hydrogens is 416 g/mol. The summed E-state index contributed by atoms with van der Waals surface area (Å²) in [5.74, 6) is -1.55. The summed E-state index contributed by atoms with van der Waals surface area (Å²) in [7, 11) is 0. The van der Waals surface area contributed by atoms with Crippen LogP contribution in [0, 0.1) is 0 Å². The lowest BCUT2D eigenvalue weighted by molar-refractivity contribution is -0.119. The molecule has 0 saturated carbocycles. The van der Waals surface area contributed by atoms with Crippen molar-refractivity contribution >= 4 is 40.1 Å². The maximum atomic E-state index is 12.4. The fourth-order valence-electron chi connectivity index (χ4n) is 3.17. The Balaban J connectivity index is 1.38. The van der Waals surface area contributed by atoms with Crippen LogP contribution in [-0.2, 0) is 16.1 Å². The largest absolute Gasteiger partial charge is 0.352 e. The first-order valence-electron chi connectivity index (χ1n) is 9.47. The van der Waals surface area contributed by atoms with Gasteiger partial charge in [0.2, 0.25) is 11.8 Å². The number of aromatic nitrogens is 1. The number of imide groups is 1. The van der Waals surface area contributed by atoms with Gasteiger partial charge in [-0.1, -0.05) is 36.4 Å². The molecule has 0 aliphatic carbocycles. The third kappa shape index (κ3) is 4.36. The zero-order chi connectivity index (χ0) is 22.0. The molecule has 0 atom stereocenters. The van der Waals surface area contributed by atoms with Crippen LogP contribution >= 0.6 is 11.3 Å². The van der Waals surface area contributed by atoms with E-state index in [2.05, 4.69) is 15.6 Å². The highest BCUT2D eigenvalue weighted by Gasteiger charge is 2.36. The fourth-order valence-corrected chi connectivity index (χ4v) is 3.90. The van der Waals surface area contributed by atoms with Crippen LogP contribution in [0.1, 0.15) is 33.2 Å². The molecule has 0 saturated heterocycles. The maximum absolute atomic E-state index is 12.4. The minimum atomic E-state index is -0.499. The van der Waals surface area contributed by atoms with Gasteiger partial charge in [-0.05, 0) is 17.7 Å². The summed E-state index contributed by atoms with van der Waals surface area (Å²) in [6.45, 7) is 1.54. The monoisotopic (exact) mass is 434 g/mol. The molecule has 2 N–H and O–H groups in total. The smallest absolute Gasteiger partial charge is 0.262 e. The van der Waals surface area contributed by atoms with Gasteiger partial charge in [0.25, 0.3) is 11.8 Å². The second-order valence-corrected chi connectivity index (χ2v) is 7.79. The Morgan fingerprint density at radius 3 is 2.26 bits per heavy atom. The van der Waals surface area contributed by atoms with E-state index in [4.69, 9.17) is 0 Å². The number of anilines is 1. The molecule has 0 spiro atoms. The van der Waals surface area contributed by atoms with E-state index in [0.29, 0.717) is 28.5 Å². The van der Waals surface area contributed by atoms with E-state index in [1.165, 1.54) is 18.3 Å². The minimum absolute atomic E-state index is 0.0924. The number of nitrogens with one attached hydrogen (secondary N) is 2. The van der Waals surface area contributed by atoms with E-state index < -0.39 is 17.7 Å². The van der Waals surface area contributed by atoms with Gasteiger partial charge in [-0.25, -0.2) is 4.98 Å². The topological polar surface area (TPSA) is 108 Å². The number of rotatable bonds is 6. The Hall–Kier alpha value is -3.85. The van der Waals surface area contributed by atoms with E-state index >= 15 is 0 Å². The normalized spacial score (nSPS) is 12.6. The van der Waals surface area contributed by atoms with E-state index in [1.807, 2.05) is 24.3 Å². The van der Waals surface area contributed by atoms with Gasteiger partial charge in [-0.3, -0.25) is 24.1 Å². The summed E-state index contributed by atoms with van der Waals surface area (Å²) in [6, 6.07) is 14.1. The highest BCUT2D eigenvalue weighted by atomic mass is 32.1. The number of hydrogen-bond acceptors (Lipinski definition) is 6. The first-order chi connectivity index (χ1) is 14.9. The number of carbonyl (C=O) groups is 4. The van der Waals surface area contributed by atoms with Gasteiger partial charge in [-0.2, -0.15) is 0 Å². The third-order valence-corrected chi connectivity index (χ3v) is 5.48. The molecule has 0 bridgehead atoms. The number of nitrogens with zero attached hydrogens (tertiary/aromatic N) is 2. The second-order valence-electron chi connectivity index (χ2n) is 6.93.